The third-order valence-electron chi connectivity index (χ3n) is 9.23. The normalized spacial score (nSPS) is 12.8. The van der Waals surface area contributed by atoms with E-state index in [0.717, 1.165) is 61.5 Å². The summed E-state index contributed by atoms with van der Waals surface area (Å²) in [6, 6.07) is 63.4. The molecule has 0 aliphatic carbocycles. The second-order valence-electron chi connectivity index (χ2n) is 12.0. The van der Waals surface area contributed by atoms with Crippen LogP contribution in [0.5, 0.6) is 11.5 Å². The van der Waals surface area contributed by atoms with E-state index in [4.69, 9.17) is 14.7 Å². The van der Waals surface area contributed by atoms with Gasteiger partial charge in [0, 0.05) is 29.6 Å². The molecule has 5 heteroatoms. The molecule has 4 nitrogen and oxygen atoms in total. The molecule has 0 unspecified atom stereocenters. The minimum absolute atomic E-state index is 0. The van der Waals surface area contributed by atoms with E-state index in [1.54, 1.807) is 0 Å². The van der Waals surface area contributed by atoms with Crippen molar-refractivity contribution in [2.75, 3.05) is 4.90 Å². The number of benzene rings is 6. The molecule has 0 atom stereocenters. The van der Waals surface area contributed by atoms with E-state index >= 15 is 0 Å². The van der Waals surface area contributed by atoms with Gasteiger partial charge in [0.1, 0.15) is 0 Å². The minimum Gasteiger partial charge on any atom is -0.503 e. The van der Waals surface area contributed by atoms with E-state index in [0.29, 0.717) is 11.5 Å². The molecule has 0 spiro atoms. The maximum absolute atomic E-state index is 6.54. The standard InChI is InChI=1S/C45H29N3O.Pt/c1-2-18-36(19-3-1)48-42-24-8-6-22-39(42)45(44-26-10-11-27-46-44,40-23-7-9-25-43(40)48)35-17-13-21-38(30-35)49-37-20-12-16-33(28-37)41-29-32-14-4-5-15-34(32)31-47-41;/h1-27,29,31H;/q-2;+2. The van der Waals surface area contributed by atoms with E-state index in [-0.39, 0.29) is 21.1 Å². The van der Waals surface area contributed by atoms with Gasteiger partial charge in [-0.3, -0.25) is 4.98 Å². The molecule has 0 bridgehead atoms. The van der Waals surface area contributed by atoms with Gasteiger partial charge in [-0.2, -0.15) is 12.1 Å². The molecule has 0 fully saturated rings. The molecule has 0 saturated heterocycles. The molecule has 0 amide bonds. The number of rotatable bonds is 6. The van der Waals surface area contributed by atoms with Crippen molar-refractivity contribution in [3.05, 3.63) is 211 Å². The van der Waals surface area contributed by atoms with E-state index < -0.39 is 5.41 Å². The summed E-state index contributed by atoms with van der Waals surface area (Å²) in [7, 11) is 0. The molecule has 2 aromatic heterocycles. The van der Waals surface area contributed by atoms with Crippen LogP contribution in [0.15, 0.2) is 176 Å². The molecule has 0 N–H and O–H groups in total. The monoisotopic (exact) mass is 822 g/mol. The smallest absolute Gasteiger partial charge is 0.503 e. The molecule has 1 aliphatic heterocycles. The van der Waals surface area contributed by atoms with Crippen molar-refractivity contribution in [3.63, 3.8) is 0 Å². The first kappa shape index (κ1) is 31.4. The molecule has 8 aromatic rings. The van der Waals surface area contributed by atoms with E-state index in [9.17, 15) is 0 Å². The average Bonchev–Trinajstić information content (AvgIpc) is 3.17. The van der Waals surface area contributed by atoms with Gasteiger partial charge in [0.25, 0.3) is 0 Å². The number of anilines is 3. The Morgan fingerprint density at radius 3 is 1.92 bits per heavy atom. The summed E-state index contributed by atoms with van der Waals surface area (Å²) in [5.41, 5.74) is 8.25. The molecular formula is C45H29N3OPt. The quantitative estimate of drug-likeness (QED) is 0.157. The van der Waals surface area contributed by atoms with Crippen molar-refractivity contribution >= 4 is 27.8 Å². The molecule has 1 aliphatic rings. The Hall–Kier alpha value is -5.83. The van der Waals surface area contributed by atoms with Crippen LogP contribution in [0.25, 0.3) is 22.0 Å². The fraction of sp³-hybridized carbons (Fsp3) is 0.0222. The maximum atomic E-state index is 6.54. The zero-order valence-electron chi connectivity index (χ0n) is 26.8. The largest absolute Gasteiger partial charge is 2.00 e. The summed E-state index contributed by atoms with van der Waals surface area (Å²) in [5.74, 6) is 1.18. The van der Waals surface area contributed by atoms with Crippen LogP contribution in [0.3, 0.4) is 0 Å². The first-order valence-corrected chi connectivity index (χ1v) is 16.3. The van der Waals surface area contributed by atoms with Crippen LogP contribution in [0.2, 0.25) is 0 Å². The summed E-state index contributed by atoms with van der Waals surface area (Å²) in [5, 5.41) is 2.23. The Morgan fingerprint density at radius 1 is 0.540 bits per heavy atom. The van der Waals surface area contributed by atoms with Crippen LogP contribution in [0.4, 0.5) is 17.1 Å². The Balaban J connectivity index is 0.00000361. The van der Waals surface area contributed by atoms with Crippen LogP contribution in [0.1, 0.15) is 22.4 Å². The van der Waals surface area contributed by atoms with Crippen molar-refractivity contribution in [2.24, 2.45) is 0 Å². The number of hydrogen-bond acceptors (Lipinski definition) is 4. The predicted molar refractivity (Wildman–Crippen MR) is 196 cm³/mol. The number of para-hydroxylation sites is 3. The van der Waals surface area contributed by atoms with Crippen molar-refractivity contribution < 1.29 is 25.8 Å². The topological polar surface area (TPSA) is 38.2 Å². The molecule has 0 saturated carbocycles. The average molecular weight is 823 g/mol. The Labute approximate surface area is 306 Å². The first-order chi connectivity index (χ1) is 24.3. The van der Waals surface area contributed by atoms with Crippen LogP contribution >= 0.6 is 0 Å². The summed E-state index contributed by atoms with van der Waals surface area (Å²) < 4.78 is 6.54. The second kappa shape index (κ2) is 13.2. The Bertz CT molecular complexity index is 2400. The molecule has 3 heterocycles. The molecular weight excluding hydrogens is 794 g/mol. The van der Waals surface area contributed by atoms with Gasteiger partial charge in [0.05, 0.1) is 22.5 Å². The fourth-order valence-corrected chi connectivity index (χ4v) is 7.12. The number of hydrogen-bond donors (Lipinski definition) is 0. The van der Waals surface area contributed by atoms with Gasteiger partial charge in [-0.05, 0) is 64.0 Å². The van der Waals surface area contributed by atoms with Gasteiger partial charge < -0.3 is 14.6 Å². The maximum Gasteiger partial charge on any atom is 2.00 e. The van der Waals surface area contributed by atoms with E-state index in [2.05, 4.69) is 132 Å². The van der Waals surface area contributed by atoms with Gasteiger partial charge in [0.15, 0.2) is 0 Å². The summed E-state index contributed by atoms with van der Waals surface area (Å²) in [6.45, 7) is 0. The summed E-state index contributed by atoms with van der Waals surface area (Å²) in [6.07, 6.45) is 3.77. The third kappa shape index (κ3) is 5.30. The second-order valence-corrected chi connectivity index (χ2v) is 12.0. The van der Waals surface area contributed by atoms with Crippen LogP contribution in [-0.2, 0) is 26.5 Å². The molecule has 0 radical (unpaired) electrons. The SMILES string of the molecule is [Pt+2].[c-]1c(Oc2[c-]c(C3(c4ccccn4)c4ccccc4N(c4ccccc4)c4ccccc43)ccc2)cccc1-c1cc2ccccc2cn1. The third-order valence-corrected chi connectivity index (χ3v) is 9.23. The van der Waals surface area contributed by atoms with Crippen LogP contribution in [0, 0.1) is 12.1 Å². The number of ether oxygens (including phenoxy) is 1. The first-order valence-electron chi connectivity index (χ1n) is 16.3. The number of fused-ring (bicyclic) bond motifs is 3. The molecule has 9 rings (SSSR count). The van der Waals surface area contributed by atoms with Crippen LogP contribution in [-0.4, -0.2) is 9.97 Å². The van der Waals surface area contributed by atoms with Crippen molar-refractivity contribution in [1.82, 2.24) is 9.97 Å². The van der Waals surface area contributed by atoms with Crippen molar-refractivity contribution in [1.29, 1.82) is 0 Å². The van der Waals surface area contributed by atoms with Gasteiger partial charge in [-0.1, -0.05) is 97.1 Å². The van der Waals surface area contributed by atoms with E-state index in [1.165, 1.54) is 0 Å². The van der Waals surface area contributed by atoms with E-state index in [1.807, 2.05) is 60.9 Å². The zero-order chi connectivity index (χ0) is 32.6. The number of aromatic nitrogens is 2. The fourth-order valence-electron chi connectivity index (χ4n) is 7.12. The summed E-state index contributed by atoms with van der Waals surface area (Å²) in [4.78, 5) is 12.1. The molecule has 240 valence electrons. The van der Waals surface area contributed by atoms with Gasteiger partial charge in [0.2, 0.25) is 0 Å². The van der Waals surface area contributed by atoms with Crippen molar-refractivity contribution in [2.45, 2.75) is 5.41 Å². The summed E-state index contributed by atoms with van der Waals surface area (Å²) >= 11 is 0. The molecule has 6 aromatic carbocycles. The van der Waals surface area contributed by atoms with Crippen LogP contribution < -0.4 is 9.64 Å². The van der Waals surface area contributed by atoms with Gasteiger partial charge in [-0.15, -0.1) is 41.5 Å². The predicted octanol–water partition coefficient (Wildman–Crippen LogP) is 10.9. The Morgan fingerprint density at radius 2 is 1.18 bits per heavy atom. The number of pyridine rings is 2. The van der Waals surface area contributed by atoms with Crippen molar-refractivity contribution in [3.8, 4) is 22.8 Å². The zero-order valence-corrected chi connectivity index (χ0v) is 29.1. The minimum atomic E-state index is -0.778. The molecule has 50 heavy (non-hydrogen) atoms. The van der Waals surface area contributed by atoms with Gasteiger partial charge in [-0.25, -0.2) is 0 Å². The van der Waals surface area contributed by atoms with Gasteiger partial charge >= 0.3 is 21.1 Å². The Kier molecular flexibility index (Phi) is 8.32. The number of nitrogens with zero attached hydrogens (tertiary/aromatic N) is 3.